The summed E-state index contributed by atoms with van der Waals surface area (Å²) in [6, 6.07) is 4.24. The second kappa shape index (κ2) is 5.00. The molecule has 0 unspecified atom stereocenters. The first-order valence-corrected chi connectivity index (χ1v) is 5.97. The summed E-state index contributed by atoms with van der Waals surface area (Å²) in [5, 5.41) is 15.6. The van der Waals surface area contributed by atoms with Crippen molar-refractivity contribution in [1.82, 2.24) is 9.97 Å². The van der Waals surface area contributed by atoms with Crippen molar-refractivity contribution in [3.63, 3.8) is 0 Å². The van der Waals surface area contributed by atoms with Crippen molar-refractivity contribution in [3.8, 4) is 6.07 Å². The molecule has 0 amide bonds. The van der Waals surface area contributed by atoms with E-state index in [1.54, 1.807) is 0 Å². The number of aromatic nitrogens is 2. The van der Waals surface area contributed by atoms with Gasteiger partial charge in [0.15, 0.2) is 0 Å². The molecule has 2 N–H and O–H groups in total. The SMILES string of the molecule is CNc1cc(NC2(C#N)CCCCC2)ncn1. The van der Waals surface area contributed by atoms with Crippen LogP contribution in [0.15, 0.2) is 12.4 Å². The lowest BCUT2D eigenvalue weighted by atomic mass is 9.83. The van der Waals surface area contributed by atoms with Gasteiger partial charge in [0.25, 0.3) is 0 Å². The molecule has 5 heteroatoms. The smallest absolute Gasteiger partial charge is 0.132 e. The first-order chi connectivity index (χ1) is 8.28. The van der Waals surface area contributed by atoms with E-state index in [0.717, 1.165) is 31.5 Å². The highest BCUT2D eigenvalue weighted by Gasteiger charge is 2.32. The monoisotopic (exact) mass is 231 g/mol. The predicted octanol–water partition coefficient (Wildman–Crippen LogP) is 2.16. The van der Waals surface area contributed by atoms with Gasteiger partial charge in [-0.05, 0) is 12.8 Å². The Balaban J connectivity index is 2.15. The van der Waals surface area contributed by atoms with Crippen LogP contribution in [-0.4, -0.2) is 22.6 Å². The van der Waals surface area contributed by atoms with E-state index >= 15 is 0 Å². The zero-order valence-electron chi connectivity index (χ0n) is 10.0. The van der Waals surface area contributed by atoms with Gasteiger partial charge < -0.3 is 10.6 Å². The topological polar surface area (TPSA) is 73.6 Å². The van der Waals surface area contributed by atoms with Crippen molar-refractivity contribution in [3.05, 3.63) is 12.4 Å². The maximum Gasteiger partial charge on any atom is 0.132 e. The van der Waals surface area contributed by atoms with Crippen molar-refractivity contribution in [1.29, 1.82) is 5.26 Å². The van der Waals surface area contributed by atoms with E-state index in [1.165, 1.54) is 12.7 Å². The molecule has 0 atom stereocenters. The van der Waals surface area contributed by atoms with Gasteiger partial charge in [0, 0.05) is 13.1 Å². The molecule has 0 aliphatic heterocycles. The summed E-state index contributed by atoms with van der Waals surface area (Å²) >= 11 is 0. The van der Waals surface area contributed by atoms with E-state index in [0.29, 0.717) is 5.82 Å². The Morgan fingerprint density at radius 3 is 2.59 bits per heavy atom. The average molecular weight is 231 g/mol. The minimum Gasteiger partial charge on any atom is -0.373 e. The zero-order valence-corrected chi connectivity index (χ0v) is 10.0. The van der Waals surface area contributed by atoms with Gasteiger partial charge in [-0.25, -0.2) is 9.97 Å². The molecule has 17 heavy (non-hydrogen) atoms. The van der Waals surface area contributed by atoms with E-state index in [9.17, 15) is 5.26 Å². The average Bonchev–Trinajstić information content (AvgIpc) is 2.40. The quantitative estimate of drug-likeness (QED) is 0.833. The minimum absolute atomic E-state index is 0.447. The molecule has 5 nitrogen and oxygen atoms in total. The highest BCUT2D eigenvalue weighted by Crippen LogP contribution is 2.30. The number of anilines is 2. The van der Waals surface area contributed by atoms with Crippen molar-refractivity contribution < 1.29 is 0 Å². The van der Waals surface area contributed by atoms with E-state index in [-0.39, 0.29) is 0 Å². The zero-order chi connectivity index (χ0) is 12.1. The summed E-state index contributed by atoms with van der Waals surface area (Å²) in [7, 11) is 1.81. The molecule has 2 rings (SSSR count). The lowest BCUT2D eigenvalue weighted by Crippen LogP contribution is -2.38. The molecule has 0 saturated heterocycles. The lowest BCUT2D eigenvalue weighted by molar-refractivity contribution is 0.392. The van der Waals surface area contributed by atoms with Crippen LogP contribution in [0.2, 0.25) is 0 Å². The molecule has 1 fully saturated rings. The second-order valence-corrected chi connectivity index (χ2v) is 4.42. The third kappa shape index (κ3) is 2.64. The molecule has 0 radical (unpaired) electrons. The fourth-order valence-corrected chi connectivity index (χ4v) is 2.23. The molecule has 90 valence electrons. The van der Waals surface area contributed by atoms with Crippen molar-refractivity contribution in [2.75, 3.05) is 17.7 Å². The van der Waals surface area contributed by atoms with Gasteiger partial charge in [-0.15, -0.1) is 0 Å². The van der Waals surface area contributed by atoms with Gasteiger partial charge in [-0.3, -0.25) is 0 Å². The highest BCUT2D eigenvalue weighted by molar-refractivity contribution is 5.49. The van der Waals surface area contributed by atoms with Gasteiger partial charge in [0.1, 0.15) is 23.5 Å². The molecule has 1 aliphatic rings. The molecular formula is C12H17N5. The number of nitrogens with zero attached hydrogens (tertiary/aromatic N) is 3. The minimum atomic E-state index is -0.447. The van der Waals surface area contributed by atoms with Crippen LogP contribution in [0.4, 0.5) is 11.6 Å². The Hall–Kier alpha value is -1.83. The normalized spacial score (nSPS) is 18.1. The van der Waals surface area contributed by atoms with E-state index < -0.39 is 5.54 Å². The van der Waals surface area contributed by atoms with Crippen LogP contribution < -0.4 is 10.6 Å². The number of hydrogen-bond donors (Lipinski definition) is 2. The standard InChI is InChI=1S/C12H17N5/c1-14-10-7-11(16-9-15-10)17-12(8-13)5-3-2-4-6-12/h7,9H,2-6H2,1H3,(H2,14,15,16,17). The number of nitrogens with one attached hydrogen (secondary N) is 2. The third-order valence-electron chi connectivity index (χ3n) is 3.21. The summed E-state index contributed by atoms with van der Waals surface area (Å²) < 4.78 is 0. The van der Waals surface area contributed by atoms with Crippen LogP contribution in [0.3, 0.4) is 0 Å². The number of hydrogen-bond acceptors (Lipinski definition) is 5. The third-order valence-corrected chi connectivity index (χ3v) is 3.21. The molecule has 0 aromatic carbocycles. The maximum atomic E-state index is 9.36. The molecule has 0 spiro atoms. The van der Waals surface area contributed by atoms with Crippen molar-refractivity contribution >= 4 is 11.6 Å². The van der Waals surface area contributed by atoms with Gasteiger partial charge in [0.2, 0.25) is 0 Å². The van der Waals surface area contributed by atoms with Gasteiger partial charge in [0.05, 0.1) is 6.07 Å². The summed E-state index contributed by atoms with van der Waals surface area (Å²) in [5.74, 6) is 1.47. The van der Waals surface area contributed by atoms with Crippen LogP contribution in [0.25, 0.3) is 0 Å². The first-order valence-electron chi connectivity index (χ1n) is 5.97. The van der Waals surface area contributed by atoms with Gasteiger partial charge in [-0.2, -0.15) is 5.26 Å². The second-order valence-electron chi connectivity index (χ2n) is 4.42. The fraction of sp³-hybridized carbons (Fsp3) is 0.583. The summed E-state index contributed by atoms with van der Waals surface area (Å²) in [4.78, 5) is 8.22. The Bertz CT molecular complexity index is 417. The summed E-state index contributed by atoms with van der Waals surface area (Å²) in [6.07, 6.45) is 6.71. The maximum absolute atomic E-state index is 9.36. The Morgan fingerprint density at radius 1 is 1.24 bits per heavy atom. The van der Waals surface area contributed by atoms with Crippen LogP contribution in [0, 0.1) is 11.3 Å². The van der Waals surface area contributed by atoms with E-state index in [2.05, 4.69) is 26.7 Å². The first kappa shape index (κ1) is 11.6. The van der Waals surface area contributed by atoms with Crippen LogP contribution in [0.5, 0.6) is 0 Å². The van der Waals surface area contributed by atoms with E-state index in [4.69, 9.17) is 0 Å². The van der Waals surface area contributed by atoms with Crippen molar-refractivity contribution in [2.45, 2.75) is 37.6 Å². The van der Waals surface area contributed by atoms with Crippen LogP contribution in [0.1, 0.15) is 32.1 Å². The molecule has 1 aliphatic carbocycles. The lowest BCUT2D eigenvalue weighted by Gasteiger charge is -2.31. The number of rotatable bonds is 3. The molecule has 1 heterocycles. The van der Waals surface area contributed by atoms with E-state index in [1.807, 2.05) is 13.1 Å². The number of nitriles is 1. The highest BCUT2D eigenvalue weighted by atomic mass is 15.1. The summed E-state index contributed by atoms with van der Waals surface area (Å²) in [6.45, 7) is 0. The predicted molar refractivity (Wildman–Crippen MR) is 66.6 cm³/mol. The molecular weight excluding hydrogens is 214 g/mol. The van der Waals surface area contributed by atoms with Gasteiger partial charge >= 0.3 is 0 Å². The Morgan fingerprint density at radius 2 is 1.94 bits per heavy atom. The Labute approximate surface area is 101 Å². The molecule has 0 bridgehead atoms. The molecule has 1 aromatic heterocycles. The van der Waals surface area contributed by atoms with Gasteiger partial charge in [-0.1, -0.05) is 19.3 Å². The van der Waals surface area contributed by atoms with Crippen LogP contribution in [-0.2, 0) is 0 Å². The fourth-order valence-electron chi connectivity index (χ4n) is 2.23. The van der Waals surface area contributed by atoms with Crippen LogP contribution >= 0.6 is 0 Å². The molecule has 1 aromatic rings. The largest absolute Gasteiger partial charge is 0.373 e. The van der Waals surface area contributed by atoms with Crippen molar-refractivity contribution in [2.24, 2.45) is 0 Å². The molecule has 1 saturated carbocycles. The Kier molecular flexibility index (Phi) is 3.43. The summed E-state index contributed by atoms with van der Waals surface area (Å²) in [5.41, 5.74) is -0.447.